The molecule has 0 aliphatic carbocycles. The second kappa shape index (κ2) is 1330. The van der Waals surface area contributed by atoms with Gasteiger partial charge in [-0.3, -0.25) is 0 Å². The fourth-order valence-corrected chi connectivity index (χ4v) is 0. The molecule has 28 valence electrons. The maximum Gasteiger partial charge on any atom is 2.00 e. The van der Waals surface area contributed by atoms with Crippen molar-refractivity contribution in [1.82, 2.24) is 0 Å². The summed E-state index contributed by atoms with van der Waals surface area (Å²) in [6.07, 6.45) is 0. The van der Waals surface area contributed by atoms with Crippen LogP contribution in [0.1, 0.15) is 6.92 Å². The maximum atomic E-state index is 6.25. The summed E-state index contributed by atoms with van der Waals surface area (Å²) in [7, 11) is 0. The van der Waals surface area contributed by atoms with Crippen LogP contribution in [-0.2, 0) is 21.1 Å². The summed E-state index contributed by atoms with van der Waals surface area (Å²) in [5, 5.41) is 6.25. The third-order valence-electron chi connectivity index (χ3n) is 0. The number of rotatable bonds is 0. The van der Waals surface area contributed by atoms with Gasteiger partial charge < -0.3 is 18.8 Å². The zero-order valence-electron chi connectivity index (χ0n) is 3.06. The summed E-state index contributed by atoms with van der Waals surface area (Å²) in [5.41, 5.74) is 0. The molecule has 0 aromatic rings. The standard InChI is InChI=1S/C2H5.CN.W/c2*1-2;/h1H2,2H3;;/q2*-1;+2. The van der Waals surface area contributed by atoms with Crippen LogP contribution in [0, 0.1) is 18.8 Å². The van der Waals surface area contributed by atoms with Gasteiger partial charge in [-0.2, -0.15) is 6.92 Å². The van der Waals surface area contributed by atoms with Crippen LogP contribution in [0.5, 0.6) is 0 Å². The van der Waals surface area contributed by atoms with Crippen molar-refractivity contribution in [3.05, 3.63) is 13.5 Å². The molecule has 0 aromatic heterocycles. The fourth-order valence-electron chi connectivity index (χ4n) is 0. The van der Waals surface area contributed by atoms with Crippen molar-refractivity contribution in [2.45, 2.75) is 6.92 Å². The summed E-state index contributed by atoms with van der Waals surface area (Å²) < 4.78 is 0. The Hall–Kier alpha value is 0.178. The summed E-state index contributed by atoms with van der Waals surface area (Å²) in [5.74, 6) is 0. The Kier molecular flexibility index (Phi) is 5060. The van der Waals surface area contributed by atoms with Crippen molar-refractivity contribution in [2.75, 3.05) is 0 Å². The van der Waals surface area contributed by atoms with Crippen LogP contribution in [0.25, 0.3) is 0 Å². The molecule has 0 spiro atoms. The molecule has 0 fully saturated rings. The van der Waals surface area contributed by atoms with Gasteiger partial charge in [-0.05, 0) is 0 Å². The van der Waals surface area contributed by atoms with Crippen LogP contribution in [0.2, 0.25) is 0 Å². The van der Waals surface area contributed by atoms with Crippen molar-refractivity contribution < 1.29 is 21.1 Å². The van der Waals surface area contributed by atoms with E-state index in [0.29, 0.717) is 0 Å². The third-order valence-corrected chi connectivity index (χ3v) is 0. The summed E-state index contributed by atoms with van der Waals surface area (Å²) in [6, 6.07) is 0. The van der Waals surface area contributed by atoms with Crippen LogP contribution >= 0.6 is 0 Å². The van der Waals surface area contributed by atoms with Gasteiger partial charge in [-0.1, -0.05) is 0 Å². The van der Waals surface area contributed by atoms with E-state index in [0.717, 1.165) is 0 Å². The summed E-state index contributed by atoms with van der Waals surface area (Å²) >= 11 is 0. The van der Waals surface area contributed by atoms with Gasteiger partial charge in [0.25, 0.3) is 0 Å². The molecule has 0 unspecified atom stereocenters. The molecule has 0 saturated heterocycles. The van der Waals surface area contributed by atoms with Crippen molar-refractivity contribution in [1.29, 1.82) is 5.26 Å². The number of hydrogen-bond donors (Lipinski definition) is 0. The van der Waals surface area contributed by atoms with E-state index in [1.54, 1.807) is 6.92 Å². The molecule has 0 bridgehead atoms. The quantitative estimate of drug-likeness (QED) is 0.577. The average Bonchev–Trinajstić information content (AvgIpc) is 1.50. The van der Waals surface area contributed by atoms with Gasteiger partial charge >= 0.3 is 21.1 Å². The van der Waals surface area contributed by atoms with E-state index in [-0.39, 0.29) is 21.1 Å². The largest absolute Gasteiger partial charge is 2.00 e. The number of nitrogens with zero attached hydrogens (tertiary/aromatic N) is 1. The van der Waals surface area contributed by atoms with Gasteiger partial charge in [-0.25, -0.2) is 0 Å². The molecule has 2 heteroatoms. The van der Waals surface area contributed by atoms with Crippen molar-refractivity contribution >= 4 is 0 Å². The molecule has 0 saturated carbocycles. The smallest absolute Gasteiger partial charge is 0.512 e. The van der Waals surface area contributed by atoms with Gasteiger partial charge in [0.2, 0.25) is 0 Å². The van der Waals surface area contributed by atoms with Crippen LogP contribution in [0.4, 0.5) is 0 Å². The minimum atomic E-state index is 0. The molecule has 5 heavy (non-hydrogen) atoms. The molecular formula is C3H5NW. The van der Waals surface area contributed by atoms with Crippen molar-refractivity contribution in [2.24, 2.45) is 0 Å². The molecule has 0 atom stereocenters. The molecule has 0 aliphatic rings. The first-order chi connectivity index (χ1) is 2.00. The minimum absolute atomic E-state index is 0. The molecule has 0 heterocycles. The molecule has 1 nitrogen and oxygen atoms in total. The van der Waals surface area contributed by atoms with Gasteiger partial charge in [0.15, 0.2) is 0 Å². The second-order valence-corrected chi connectivity index (χ2v) is 0. The molecule has 0 aliphatic heterocycles. The topological polar surface area (TPSA) is 23.8 Å². The molecule has 0 radical (unpaired) electrons. The Morgan fingerprint density at radius 1 is 1.40 bits per heavy atom. The molecular weight excluding hydrogens is 234 g/mol. The Morgan fingerprint density at radius 3 is 1.40 bits per heavy atom. The van der Waals surface area contributed by atoms with E-state index in [2.05, 4.69) is 6.92 Å². The zero-order valence-corrected chi connectivity index (χ0v) is 6.00. The molecule has 0 N–H and O–H groups in total. The average molecular weight is 239 g/mol. The first-order valence-corrected chi connectivity index (χ1v) is 0.931. The molecule has 0 rings (SSSR count). The third kappa shape index (κ3) is 624. The van der Waals surface area contributed by atoms with Crippen molar-refractivity contribution in [3.63, 3.8) is 0 Å². The Morgan fingerprint density at radius 2 is 1.40 bits per heavy atom. The molecule has 0 aromatic carbocycles. The van der Waals surface area contributed by atoms with Crippen LogP contribution in [0.15, 0.2) is 0 Å². The maximum absolute atomic E-state index is 6.25. The van der Waals surface area contributed by atoms with E-state index >= 15 is 0 Å². The Bertz CT molecular complexity index is 11.6. The SMILES string of the molecule is [C-]#N.[CH2-]C.[W+2]. The summed E-state index contributed by atoms with van der Waals surface area (Å²) in [4.78, 5) is 0. The Balaban J connectivity index is -0.0000000133. The predicted molar refractivity (Wildman–Crippen MR) is 16.0 cm³/mol. The van der Waals surface area contributed by atoms with Crippen molar-refractivity contribution in [3.8, 4) is 0 Å². The number of hydrogen-bond acceptors (Lipinski definition) is 1. The van der Waals surface area contributed by atoms with Crippen LogP contribution < -0.4 is 0 Å². The van der Waals surface area contributed by atoms with E-state index in [4.69, 9.17) is 11.8 Å². The minimum Gasteiger partial charge on any atom is -0.512 e. The second-order valence-electron chi connectivity index (χ2n) is 0. The summed E-state index contributed by atoms with van der Waals surface area (Å²) in [6.45, 7) is 9.75. The van der Waals surface area contributed by atoms with E-state index in [1.165, 1.54) is 0 Å². The monoisotopic (exact) mass is 239 g/mol. The van der Waals surface area contributed by atoms with Gasteiger partial charge in [-0.15, -0.1) is 0 Å². The van der Waals surface area contributed by atoms with Crippen LogP contribution in [-0.4, -0.2) is 0 Å². The first kappa shape index (κ1) is 19.1. The normalized spacial score (nSPS) is 1.60. The Labute approximate surface area is 47.3 Å². The van der Waals surface area contributed by atoms with Gasteiger partial charge in [0, 0.05) is 0 Å². The molecule has 0 amide bonds. The van der Waals surface area contributed by atoms with E-state index < -0.39 is 0 Å². The van der Waals surface area contributed by atoms with E-state index in [9.17, 15) is 0 Å². The van der Waals surface area contributed by atoms with Gasteiger partial charge in [0.1, 0.15) is 0 Å². The van der Waals surface area contributed by atoms with E-state index in [1.807, 2.05) is 0 Å². The first-order valence-electron chi connectivity index (χ1n) is 0.931. The van der Waals surface area contributed by atoms with Gasteiger partial charge in [0.05, 0.1) is 0 Å². The predicted octanol–water partition coefficient (Wildman–Crippen LogP) is 0.934. The van der Waals surface area contributed by atoms with Crippen LogP contribution in [0.3, 0.4) is 0 Å². The zero-order chi connectivity index (χ0) is 4.00. The fraction of sp³-hybridized carbons (Fsp3) is 0.333.